The molecule has 0 atom stereocenters. The van der Waals surface area contributed by atoms with Crippen molar-refractivity contribution in [3.8, 4) is 17.1 Å². The number of hydrogen-bond donors (Lipinski definition) is 1. The predicted octanol–water partition coefficient (Wildman–Crippen LogP) is 4.95. The lowest BCUT2D eigenvalue weighted by atomic mass is 10.2. The highest BCUT2D eigenvalue weighted by molar-refractivity contribution is 5.90. The highest BCUT2D eigenvalue weighted by Crippen LogP contribution is 2.28. The molecule has 1 N–H and O–H groups in total. The molecule has 38 heavy (non-hydrogen) atoms. The van der Waals surface area contributed by atoms with Gasteiger partial charge in [0.15, 0.2) is 12.4 Å². The zero-order chi connectivity index (χ0) is 27.4. The van der Waals surface area contributed by atoms with Gasteiger partial charge in [-0.25, -0.2) is 14.8 Å². The van der Waals surface area contributed by atoms with Gasteiger partial charge < -0.3 is 19.7 Å². The summed E-state index contributed by atoms with van der Waals surface area (Å²) in [5.74, 6) is 1.57. The van der Waals surface area contributed by atoms with Gasteiger partial charge in [0.1, 0.15) is 17.2 Å². The summed E-state index contributed by atoms with van der Waals surface area (Å²) in [4.78, 5) is 35.5. The Morgan fingerprint density at radius 3 is 2.63 bits per heavy atom. The van der Waals surface area contributed by atoms with Gasteiger partial charge in [0.05, 0.1) is 11.7 Å². The molecule has 1 amide bonds. The summed E-state index contributed by atoms with van der Waals surface area (Å²) in [7, 11) is 1.90. The smallest absolute Gasteiger partial charge is 0.435 e. The van der Waals surface area contributed by atoms with Crippen LogP contribution in [-0.2, 0) is 9.53 Å². The topological polar surface area (TPSA) is 111 Å². The van der Waals surface area contributed by atoms with Gasteiger partial charge in [0.2, 0.25) is 0 Å². The minimum Gasteiger partial charge on any atom is -0.484 e. The van der Waals surface area contributed by atoms with Crippen molar-refractivity contribution in [2.75, 3.05) is 18.6 Å². The van der Waals surface area contributed by atoms with Crippen LogP contribution < -0.4 is 15.0 Å². The predicted molar refractivity (Wildman–Crippen MR) is 146 cm³/mol. The minimum atomic E-state index is -0.617. The average Bonchev–Trinajstić information content (AvgIpc) is 3.29. The normalized spacial score (nSPS) is 11.4. The van der Waals surface area contributed by atoms with Crippen molar-refractivity contribution in [1.82, 2.24) is 25.1 Å². The lowest BCUT2D eigenvalue weighted by Crippen LogP contribution is -2.34. The van der Waals surface area contributed by atoms with Crippen LogP contribution in [0.4, 0.5) is 16.3 Å². The lowest BCUT2D eigenvalue weighted by molar-refractivity contribution is -0.123. The van der Waals surface area contributed by atoms with Crippen LogP contribution >= 0.6 is 0 Å². The van der Waals surface area contributed by atoms with Gasteiger partial charge in [-0.3, -0.25) is 4.79 Å². The molecule has 2 aromatic heterocycles. The number of carbonyl (C=O) groups excluding carboxylic acids is 2. The van der Waals surface area contributed by atoms with Crippen LogP contribution in [0.2, 0.25) is 0 Å². The summed E-state index contributed by atoms with van der Waals surface area (Å²) in [6, 6.07) is 14.8. The number of carbonyl (C=O) groups is 2. The summed E-state index contributed by atoms with van der Waals surface area (Å²) in [5, 5.41) is 7.81. The number of nitrogens with one attached hydrogen (secondary N) is 1. The van der Waals surface area contributed by atoms with Crippen molar-refractivity contribution in [2.45, 2.75) is 46.3 Å². The molecule has 4 aromatic rings. The van der Waals surface area contributed by atoms with E-state index >= 15 is 0 Å². The van der Waals surface area contributed by atoms with Crippen LogP contribution in [0, 0.1) is 0 Å². The van der Waals surface area contributed by atoms with Crippen LogP contribution in [0.3, 0.4) is 0 Å². The van der Waals surface area contributed by atoms with Gasteiger partial charge in [-0.1, -0.05) is 12.1 Å². The summed E-state index contributed by atoms with van der Waals surface area (Å²) < 4.78 is 12.4. The fourth-order valence-electron chi connectivity index (χ4n) is 3.72. The molecular formula is C28H32N6O4. The molecule has 0 saturated carbocycles. The van der Waals surface area contributed by atoms with Crippen molar-refractivity contribution >= 4 is 34.4 Å². The second-order valence-corrected chi connectivity index (χ2v) is 10.1. The first-order valence-corrected chi connectivity index (χ1v) is 12.3. The fraction of sp³-hybridized carbons (Fsp3) is 0.321. The standard InChI is InChI=1S/C28H32N6O4/c1-18(2)31-25(35)17-37-22-9-7-8-19(15-22)26-29-13-12-24(32-26)33(6)21-10-11-23-20(14-21)16-30-34(23)27(36)38-28(3,4)5/h7-16,18H,17H2,1-6H3,(H,31,35). The fourth-order valence-corrected chi connectivity index (χ4v) is 3.72. The van der Waals surface area contributed by atoms with Gasteiger partial charge >= 0.3 is 6.09 Å². The Balaban J connectivity index is 1.53. The molecule has 0 unspecified atom stereocenters. The first-order valence-electron chi connectivity index (χ1n) is 12.3. The summed E-state index contributed by atoms with van der Waals surface area (Å²) >= 11 is 0. The van der Waals surface area contributed by atoms with Gasteiger partial charge in [0, 0.05) is 35.9 Å². The van der Waals surface area contributed by atoms with E-state index in [1.807, 2.05) is 83.0 Å². The van der Waals surface area contributed by atoms with Crippen LogP contribution in [0.15, 0.2) is 60.9 Å². The number of hydrogen-bond acceptors (Lipinski definition) is 8. The third-order valence-electron chi connectivity index (χ3n) is 5.40. The van der Waals surface area contributed by atoms with E-state index in [4.69, 9.17) is 14.5 Å². The first-order chi connectivity index (χ1) is 18.0. The largest absolute Gasteiger partial charge is 0.484 e. The maximum absolute atomic E-state index is 12.5. The number of fused-ring (bicyclic) bond motifs is 1. The molecule has 0 radical (unpaired) electrons. The monoisotopic (exact) mass is 516 g/mol. The maximum Gasteiger partial charge on any atom is 0.435 e. The third-order valence-corrected chi connectivity index (χ3v) is 5.40. The van der Waals surface area contributed by atoms with Crippen molar-refractivity contribution < 1.29 is 19.1 Å². The van der Waals surface area contributed by atoms with Crippen molar-refractivity contribution in [3.63, 3.8) is 0 Å². The molecule has 0 fully saturated rings. The Bertz CT molecular complexity index is 1460. The summed E-state index contributed by atoms with van der Waals surface area (Å²) in [6.07, 6.45) is 2.80. The molecule has 198 valence electrons. The molecule has 0 aliphatic carbocycles. The molecular weight excluding hydrogens is 484 g/mol. The van der Waals surface area contributed by atoms with E-state index in [0.717, 1.165) is 16.6 Å². The van der Waals surface area contributed by atoms with Crippen LogP contribution in [-0.4, -0.2) is 57.0 Å². The van der Waals surface area contributed by atoms with Gasteiger partial charge in [-0.15, -0.1) is 0 Å². The van der Waals surface area contributed by atoms with E-state index in [2.05, 4.69) is 15.4 Å². The first kappa shape index (κ1) is 26.6. The van der Waals surface area contributed by atoms with Gasteiger partial charge in [-0.05, 0) is 71.0 Å². The van der Waals surface area contributed by atoms with Crippen molar-refractivity contribution in [3.05, 3.63) is 60.9 Å². The van der Waals surface area contributed by atoms with Gasteiger partial charge in [-0.2, -0.15) is 9.78 Å². The highest BCUT2D eigenvalue weighted by atomic mass is 16.6. The summed E-state index contributed by atoms with van der Waals surface area (Å²) in [5.41, 5.74) is 1.66. The van der Waals surface area contributed by atoms with Crippen LogP contribution in [0.5, 0.6) is 5.75 Å². The van der Waals surface area contributed by atoms with E-state index < -0.39 is 11.7 Å². The Labute approximate surface area is 221 Å². The Kier molecular flexibility index (Phi) is 7.61. The Morgan fingerprint density at radius 1 is 1.11 bits per heavy atom. The molecule has 0 aliphatic heterocycles. The van der Waals surface area contributed by atoms with E-state index in [0.29, 0.717) is 22.9 Å². The van der Waals surface area contributed by atoms with E-state index in [1.54, 1.807) is 24.5 Å². The molecule has 0 spiro atoms. The quantitative estimate of drug-likeness (QED) is 0.367. The minimum absolute atomic E-state index is 0.0485. The summed E-state index contributed by atoms with van der Waals surface area (Å²) in [6.45, 7) is 9.17. The molecule has 0 saturated heterocycles. The van der Waals surface area contributed by atoms with Gasteiger partial charge in [0.25, 0.3) is 5.91 Å². The molecule has 2 heterocycles. The number of nitrogens with zero attached hydrogens (tertiary/aromatic N) is 5. The average molecular weight is 517 g/mol. The third kappa shape index (κ3) is 6.44. The number of aromatic nitrogens is 4. The van der Waals surface area contributed by atoms with Crippen molar-refractivity contribution in [1.29, 1.82) is 0 Å². The van der Waals surface area contributed by atoms with E-state index in [9.17, 15) is 9.59 Å². The molecule has 0 bridgehead atoms. The molecule has 0 aliphatic rings. The number of benzene rings is 2. The molecule has 4 rings (SSSR count). The second kappa shape index (κ2) is 10.9. The SMILES string of the molecule is CC(C)NC(=O)COc1cccc(-c2nccc(N(C)c3ccc4c(cnn4C(=O)OC(C)(C)C)c3)n2)c1. The van der Waals surface area contributed by atoms with E-state index in [1.165, 1.54) is 4.68 Å². The maximum atomic E-state index is 12.5. The molecule has 10 nitrogen and oxygen atoms in total. The number of ether oxygens (including phenoxy) is 2. The number of anilines is 2. The Morgan fingerprint density at radius 2 is 1.89 bits per heavy atom. The number of rotatable bonds is 7. The van der Waals surface area contributed by atoms with Crippen molar-refractivity contribution in [2.24, 2.45) is 0 Å². The number of amides is 1. The molecule has 10 heteroatoms. The zero-order valence-electron chi connectivity index (χ0n) is 22.4. The zero-order valence-corrected chi connectivity index (χ0v) is 22.4. The highest BCUT2D eigenvalue weighted by Gasteiger charge is 2.20. The van der Waals surface area contributed by atoms with E-state index in [-0.39, 0.29) is 18.6 Å². The lowest BCUT2D eigenvalue weighted by Gasteiger charge is -2.20. The van der Waals surface area contributed by atoms with Crippen LogP contribution in [0.1, 0.15) is 34.6 Å². The molecule has 2 aromatic carbocycles. The Hall–Kier alpha value is -4.47. The second-order valence-electron chi connectivity index (χ2n) is 10.1. The van der Waals surface area contributed by atoms with Crippen LogP contribution in [0.25, 0.3) is 22.3 Å².